The first-order chi connectivity index (χ1) is 6.27. The summed E-state index contributed by atoms with van der Waals surface area (Å²) in [6, 6.07) is 14.3. The molecule has 0 aliphatic rings. The molecule has 0 atom stereocenters. The van der Waals surface area contributed by atoms with Gasteiger partial charge in [0.15, 0.2) is 0 Å². The number of benzene rings is 2. The van der Waals surface area contributed by atoms with Gasteiger partial charge in [0, 0.05) is 0 Å². The van der Waals surface area contributed by atoms with Gasteiger partial charge in [-0.3, -0.25) is 0 Å². The Morgan fingerprint density at radius 3 is 2.23 bits per heavy atom. The second-order valence-corrected chi connectivity index (χ2v) is 6.77. The van der Waals surface area contributed by atoms with E-state index in [1.807, 2.05) is 18.2 Å². The number of hydrogen-bond acceptors (Lipinski definition) is 0. The van der Waals surface area contributed by atoms with Gasteiger partial charge in [-0.25, -0.2) is 0 Å². The van der Waals surface area contributed by atoms with Gasteiger partial charge in [0.25, 0.3) is 0 Å². The van der Waals surface area contributed by atoms with Gasteiger partial charge in [0.1, 0.15) is 0 Å². The third kappa shape index (κ3) is 1.88. The second kappa shape index (κ2) is 3.70. The zero-order valence-corrected chi connectivity index (χ0v) is 9.31. The van der Waals surface area contributed by atoms with E-state index in [9.17, 15) is 0 Å². The highest BCUT2D eigenvalue weighted by molar-refractivity contribution is 7.39. The molecule has 65 valence electrons. The maximum absolute atomic E-state index is 5.87. The summed E-state index contributed by atoms with van der Waals surface area (Å²) in [7, 11) is -1.36. The van der Waals surface area contributed by atoms with Crippen molar-refractivity contribution in [1.29, 1.82) is 0 Å². The van der Waals surface area contributed by atoms with Crippen LogP contribution in [0.5, 0.6) is 0 Å². The van der Waals surface area contributed by atoms with E-state index in [-0.39, 0.29) is 0 Å². The molecule has 13 heavy (non-hydrogen) atoms. The van der Waals surface area contributed by atoms with E-state index in [4.69, 9.17) is 22.2 Å². The van der Waals surface area contributed by atoms with Crippen LogP contribution in [0.25, 0.3) is 10.8 Å². The maximum Gasteiger partial charge on any atom is 0.307 e. The molecule has 0 aliphatic carbocycles. The van der Waals surface area contributed by atoms with Gasteiger partial charge in [-0.15, -0.1) is 22.2 Å². The third-order valence-corrected chi connectivity index (χ3v) is 4.02. The van der Waals surface area contributed by atoms with Gasteiger partial charge in [0.2, 0.25) is 0 Å². The van der Waals surface area contributed by atoms with Crippen molar-refractivity contribution in [1.82, 2.24) is 0 Å². The number of hydrogen-bond donors (Lipinski definition) is 0. The Kier molecular flexibility index (Phi) is 2.58. The Balaban J connectivity index is 2.62. The molecule has 0 aromatic heterocycles. The quantitative estimate of drug-likeness (QED) is 0.518. The average Bonchev–Trinajstić information content (AvgIpc) is 2.17. The van der Waals surface area contributed by atoms with Gasteiger partial charge in [-0.1, -0.05) is 42.5 Å². The van der Waals surface area contributed by atoms with Gasteiger partial charge >= 0.3 is 7.42 Å². The lowest BCUT2D eigenvalue weighted by atomic mass is 10.1. The molecule has 3 heteroatoms. The van der Waals surface area contributed by atoms with Crippen LogP contribution < -0.4 is 5.19 Å². The molecule has 0 spiro atoms. The predicted molar refractivity (Wildman–Crippen MR) is 61.0 cm³/mol. The van der Waals surface area contributed by atoms with Crippen LogP contribution in [-0.2, 0) is 0 Å². The van der Waals surface area contributed by atoms with E-state index < -0.39 is 7.42 Å². The smallest absolute Gasteiger partial charge is 0.140 e. The van der Waals surface area contributed by atoms with Crippen LogP contribution in [0.2, 0.25) is 0 Å². The molecule has 0 saturated carbocycles. The Bertz CT molecular complexity index is 426. The minimum absolute atomic E-state index is 1.05. The number of halogens is 2. The Morgan fingerprint density at radius 2 is 1.54 bits per heavy atom. The van der Waals surface area contributed by atoms with Crippen molar-refractivity contribution in [3.63, 3.8) is 0 Å². The lowest BCUT2D eigenvalue weighted by molar-refractivity contribution is 1.78. The maximum atomic E-state index is 5.87. The Labute approximate surface area is 88.1 Å². The summed E-state index contributed by atoms with van der Waals surface area (Å²) in [5, 5.41) is 3.47. The van der Waals surface area contributed by atoms with E-state index >= 15 is 0 Å². The molecule has 2 aromatic rings. The van der Waals surface area contributed by atoms with Crippen LogP contribution in [0.1, 0.15) is 0 Å². The molecule has 0 N–H and O–H groups in total. The van der Waals surface area contributed by atoms with E-state index in [0.717, 1.165) is 5.19 Å². The van der Waals surface area contributed by atoms with Crippen LogP contribution >= 0.6 is 22.2 Å². The number of fused-ring (bicyclic) bond motifs is 1. The van der Waals surface area contributed by atoms with Crippen LogP contribution in [0.15, 0.2) is 42.5 Å². The minimum atomic E-state index is -1.36. The van der Waals surface area contributed by atoms with Crippen molar-refractivity contribution in [3.05, 3.63) is 42.5 Å². The van der Waals surface area contributed by atoms with Gasteiger partial charge in [0.05, 0.1) is 0 Å². The highest BCUT2D eigenvalue weighted by atomic mass is 35.7. The fourth-order valence-electron chi connectivity index (χ4n) is 1.31. The molecule has 0 nitrogen and oxygen atoms in total. The summed E-state index contributed by atoms with van der Waals surface area (Å²) in [6.45, 7) is 0. The first-order valence-electron chi connectivity index (χ1n) is 3.94. The van der Waals surface area contributed by atoms with Gasteiger partial charge in [-0.05, 0) is 16.0 Å². The van der Waals surface area contributed by atoms with Crippen LogP contribution in [0.3, 0.4) is 0 Å². The van der Waals surface area contributed by atoms with E-state index in [1.165, 1.54) is 10.8 Å². The molecule has 2 rings (SSSR count). The van der Waals surface area contributed by atoms with Crippen molar-refractivity contribution in [2.75, 3.05) is 0 Å². The van der Waals surface area contributed by atoms with Crippen molar-refractivity contribution in [3.8, 4) is 0 Å². The van der Waals surface area contributed by atoms with Gasteiger partial charge in [-0.2, -0.15) is 0 Å². The standard InChI is InChI=1S/C10H7Cl2Si/c11-13(12)10-6-5-8-3-1-2-4-9(8)7-10/h1-7H. The normalized spacial score (nSPS) is 11.0. The summed E-state index contributed by atoms with van der Waals surface area (Å²) in [4.78, 5) is 0. The van der Waals surface area contributed by atoms with E-state index in [2.05, 4.69) is 24.3 Å². The monoisotopic (exact) mass is 225 g/mol. The molecule has 2 aromatic carbocycles. The summed E-state index contributed by atoms with van der Waals surface area (Å²) in [5.41, 5.74) is 0. The first kappa shape index (κ1) is 9.07. The Hall–Kier alpha value is -0.503. The largest absolute Gasteiger partial charge is 0.307 e. The molecule has 0 saturated heterocycles. The topological polar surface area (TPSA) is 0 Å². The summed E-state index contributed by atoms with van der Waals surface area (Å²) in [6.07, 6.45) is 0. The van der Waals surface area contributed by atoms with Crippen molar-refractivity contribution < 1.29 is 0 Å². The molecule has 0 bridgehead atoms. The van der Waals surface area contributed by atoms with Crippen LogP contribution in [-0.4, -0.2) is 7.42 Å². The summed E-state index contributed by atoms with van der Waals surface area (Å²) in [5.74, 6) is 0. The molecule has 0 aliphatic heterocycles. The molecular formula is C10H7Cl2Si. The fraction of sp³-hybridized carbons (Fsp3) is 0. The summed E-state index contributed by atoms with van der Waals surface area (Å²) < 4.78 is 0. The summed E-state index contributed by atoms with van der Waals surface area (Å²) >= 11 is 11.7. The van der Waals surface area contributed by atoms with Gasteiger partial charge < -0.3 is 0 Å². The zero-order valence-electron chi connectivity index (χ0n) is 6.80. The highest BCUT2D eigenvalue weighted by Gasteiger charge is 2.07. The SMILES string of the molecule is Cl[Si](Cl)c1ccc2ccccc2c1. The number of rotatable bonds is 1. The average molecular weight is 226 g/mol. The lowest BCUT2D eigenvalue weighted by Gasteiger charge is -2.01. The Morgan fingerprint density at radius 1 is 0.846 bits per heavy atom. The second-order valence-electron chi connectivity index (χ2n) is 2.82. The first-order valence-corrected chi connectivity index (χ1v) is 7.47. The molecule has 1 radical (unpaired) electrons. The predicted octanol–water partition coefficient (Wildman–Crippen LogP) is 3.01. The van der Waals surface area contributed by atoms with Crippen molar-refractivity contribution in [2.45, 2.75) is 0 Å². The zero-order chi connectivity index (χ0) is 9.26. The van der Waals surface area contributed by atoms with Crippen molar-refractivity contribution in [2.24, 2.45) is 0 Å². The van der Waals surface area contributed by atoms with Crippen LogP contribution in [0, 0.1) is 0 Å². The third-order valence-electron chi connectivity index (χ3n) is 1.97. The minimum Gasteiger partial charge on any atom is -0.140 e. The van der Waals surface area contributed by atoms with E-state index in [1.54, 1.807) is 0 Å². The molecule has 0 amide bonds. The van der Waals surface area contributed by atoms with Crippen molar-refractivity contribution >= 4 is 45.5 Å². The highest BCUT2D eigenvalue weighted by Crippen LogP contribution is 2.12. The molecule has 0 heterocycles. The molecule has 0 unspecified atom stereocenters. The molecular weight excluding hydrogens is 219 g/mol. The molecule has 0 fully saturated rings. The lowest BCUT2D eigenvalue weighted by Crippen LogP contribution is -2.17. The van der Waals surface area contributed by atoms with E-state index in [0.29, 0.717) is 0 Å². The fourth-order valence-corrected chi connectivity index (χ4v) is 2.49. The van der Waals surface area contributed by atoms with Crippen LogP contribution in [0.4, 0.5) is 0 Å².